The normalized spacial score (nSPS) is 9.80. The first-order valence-corrected chi connectivity index (χ1v) is 3.99. The summed E-state index contributed by atoms with van der Waals surface area (Å²) in [7, 11) is 1.89. The van der Waals surface area contributed by atoms with Crippen LogP contribution in [0.2, 0.25) is 5.02 Å². The smallest absolute Gasteiger partial charge is 0.144 e. The van der Waals surface area contributed by atoms with E-state index in [-0.39, 0.29) is 0 Å². The van der Waals surface area contributed by atoms with E-state index in [1.807, 2.05) is 20.0 Å². The van der Waals surface area contributed by atoms with Crippen molar-refractivity contribution in [3.63, 3.8) is 0 Å². The molecule has 0 aliphatic carbocycles. The second-order valence-corrected chi connectivity index (χ2v) is 3.42. The van der Waals surface area contributed by atoms with Crippen LogP contribution < -0.4 is 11.2 Å². The van der Waals surface area contributed by atoms with Crippen LogP contribution >= 0.6 is 27.5 Å². The molecule has 0 spiro atoms. The number of halogens is 2. The van der Waals surface area contributed by atoms with Crippen molar-refractivity contribution in [2.45, 2.75) is 0 Å². The predicted octanol–water partition coefficient (Wildman–Crippen LogP) is 0.943. The third kappa shape index (κ3) is 1.47. The van der Waals surface area contributed by atoms with Gasteiger partial charge < -0.3 is 5.73 Å². The van der Waals surface area contributed by atoms with Crippen LogP contribution in [0.5, 0.6) is 0 Å². The zero-order valence-corrected chi connectivity index (χ0v) is 7.83. The molecular formula is C6H6BBrClN. The van der Waals surface area contributed by atoms with Crippen LogP contribution in [0.1, 0.15) is 0 Å². The fourth-order valence-corrected chi connectivity index (χ4v) is 1.50. The van der Waals surface area contributed by atoms with Crippen molar-refractivity contribution in [1.82, 2.24) is 0 Å². The molecule has 0 heterocycles. The van der Waals surface area contributed by atoms with E-state index in [1.165, 1.54) is 0 Å². The van der Waals surface area contributed by atoms with Crippen LogP contribution in [0.3, 0.4) is 0 Å². The van der Waals surface area contributed by atoms with Gasteiger partial charge in [-0.2, -0.15) is 0 Å². The van der Waals surface area contributed by atoms with Gasteiger partial charge in [0.25, 0.3) is 0 Å². The third-order valence-electron chi connectivity index (χ3n) is 1.35. The Labute approximate surface area is 74.1 Å². The van der Waals surface area contributed by atoms with Crippen molar-refractivity contribution in [3.05, 3.63) is 21.6 Å². The molecule has 0 saturated carbocycles. The van der Waals surface area contributed by atoms with Crippen molar-refractivity contribution < 1.29 is 0 Å². The Morgan fingerprint density at radius 2 is 2.10 bits per heavy atom. The van der Waals surface area contributed by atoms with E-state index in [9.17, 15) is 0 Å². The van der Waals surface area contributed by atoms with Crippen molar-refractivity contribution >= 4 is 46.5 Å². The van der Waals surface area contributed by atoms with Gasteiger partial charge in [-0.25, -0.2) is 0 Å². The zero-order chi connectivity index (χ0) is 7.72. The van der Waals surface area contributed by atoms with Crippen LogP contribution in [-0.2, 0) is 0 Å². The summed E-state index contributed by atoms with van der Waals surface area (Å²) in [6.07, 6.45) is 0. The lowest BCUT2D eigenvalue weighted by atomic mass is 9.94. The van der Waals surface area contributed by atoms with Gasteiger partial charge >= 0.3 is 0 Å². The molecule has 1 aromatic carbocycles. The topological polar surface area (TPSA) is 26.0 Å². The molecule has 2 N–H and O–H groups in total. The van der Waals surface area contributed by atoms with Crippen LogP contribution in [0, 0.1) is 0 Å². The van der Waals surface area contributed by atoms with Crippen LogP contribution in [0.25, 0.3) is 0 Å². The Bertz CT molecular complexity index is 241. The van der Waals surface area contributed by atoms with Crippen molar-refractivity contribution in [1.29, 1.82) is 0 Å². The number of hydrogen-bond acceptors (Lipinski definition) is 1. The monoisotopic (exact) mass is 217 g/mol. The van der Waals surface area contributed by atoms with Gasteiger partial charge in [0.1, 0.15) is 7.85 Å². The molecule has 0 aliphatic heterocycles. The zero-order valence-electron chi connectivity index (χ0n) is 5.49. The Morgan fingerprint density at radius 1 is 1.50 bits per heavy atom. The minimum atomic E-state index is 0.701. The van der Waals surface area contributed by atoms with Crippen LogP contribution in [0.4, 0.5) is 5.69 Å². The molecule has 0 bridgehead atoms. The molecule has 0 radical (unpaired) electrons. The third-order valence-corrected chi connectivity index (χ3v) is 2.20. The quantitative estimate of drug-likeness (QED) is 0.509. The summed E-state index contributed by atoms with van der Waals surface area (Å²) in [5.74, 6) is 0. The highest BCUT2D eigenvalue weighted by atomic mass is 79.9. The maximum absolute atomic E-state index is 5.81. The maximum Gasteiger partial charge on any atom is 0.144 e. The largest absolute Gasteiger partial charge is 0.399 e. The highest BCUT2D eigenvalue weighted by Crippen LogP contribution is 2.17. The van der Waals surface area contributed by atoms with E-state index in [1.54, 1.807) is 0 Å². The number of rotatable bonds is 0. The molecule has 0 saturated heterocycles. The number of benzene rings is 1. The maximum atomic E-state index is 5.81. The molecule has 52 valence electrons. The lowest BCUT2D eigenvalue weighted by Gasteiger charge is -2.02. The molecule has 0 atom stereocenters. The van der Waals surface area contributed by atoms with Gasteiger partial charge in [-0.05, 0) is 17.6 Å². The van der Waals surface area contributed by atoms with Gasteiger partial charge in [-0.1, -0.05) is 27.5 Å². The predicted molar refractivity (Wildman–Crippen MR) is 51.7 cm³/mol. The molecule has 0 aromatic heterocycles. The van der Waals surface area contributed by atoms with Crippen molar-refractivity contribution in [3.8, 4) is 0 Å². The standard InChI is InChI=1S/C6H6BBrClN/c7-6-4(9)1-3(8)2-5(6)10/h1-2H,7,10H2. The molecule has 1 nitrogen and oxygen atoms in total. The first-order chi connectivity index (χ1) is 4.61. The minimum Gasteiger partial charge on any atom is -0.399 e. The second-order valence-electron chi connectivity index (χ2n) is 2.10. The summed E-state index contributed by atoms with van der Waals surface area (Å²) in [5.41, 5.74) is 7.26. The van der Waals surface area contributed by atoms with E-state index in [4.69, 9.17) is 17.3 Å². The summed E-state index contributed by atoms with van der Waals surface area (Å²) >= 11 is 9.09. The Kier molecular flexibility index (Phi) is 2.26. The number of anilines is 1. The van der Waals surface area contributed by atoms with Gasteiger partial charge in [0, 0.05) is 15.2 Å². The molecule has 0 fully saturated rings. The van der Waals surface area contributed by atoms with E-state index < -0.39 is 0 Å². The van der Waals surface area contributed by atoms with Crippen LogP contribution in [-0.4, -0.2) is 7.85 Å². The Morgan fingerprint density at radius 3 is 2.60 bits per heavy atom. The molecule has 1 rings (SSSR count). The summed E-state index contributed by atoms with van der Waals surface area (Å²) in [5, 5.41) is 0.701. The first kappa shape index (κ1) is 7.96. The van der Waals surface area contributed by atoms with Gasteiger partial charge in [0.05, 0.1) is 0 Å². The molecule has 0 amide bonds. The number of nitrogen functional groups attached to an aromatic ring is 1. The van der Waals surface area contributed by atoms with Crippen molar-refractivity contribution in [2.75, 3.05) is 5.73 Å². The van der Waals surface area contributed by atoms with Gasteiger partial charge in [-0.15, -0.1) is 0 Å². The highest BCUT2D eigenvalue weighted by molar-refractivity contribution is 9.10. The van der Waals surface area contributed by atoms with E-state index in [2.05, 4.69) is 15.9 Å². The molecule has 4 heteroatoms. The molecular weight excluding hydrogens is 212 g/mol. The van der Waals surface area contributed by atoms with Gasteiger partial charge in [-0.3, -0.25) is 0 Å². The summed E-state index contributed by atoms with van der Waals surface area (Å²) in [6, 6.07) is 3.66. The Hall–Kier alpha value is -0.145. The fourth-order valence-electron chi connectivity index (χ4n) is 0.666. The van der Waals surface area contributed by atoms with Crippen molar-refractivity contribution in [2.24, 2.45) is 0 Å². The highest BCUT2D eigenvalue weighted by Gasteiger charge is 1.99. The fraction of sp³-hybridized carbons (Fsp3) is 0. The Balaban J connectivity index is 3.31. The van der Waals surface area contributed by atoms with Gasteiger partial charge in [0.2, 0.25) is 0 Å². The number of nitrogens with two attached hydrogens (primary N) is 1. The van der Waals surface area contributed by atoms with Gasteiger partial charge in [0.15, 0.2) is 0 Å². The van der Waals surface area contributed by atoms with Crippen LogP contribution in [0.15, 0.2) is 16.6 Å². The molecule has 10 heavy (non-hydrogen) atoms. The SMILES string of the molecule is Bc1c(N)cc(Br)cc1Cl. The second kappa shape index (κ2) is 2.85. The van der Waals surface area contributed by atoms with E-state index >= 15 is 0 Å². The molecule has 1 aromatic rings. The number of hydrogen-bond donors (Lipinski definition) is 1. The lowest BCUT2D eigenvalue weighted by molar-refractivity contribution is 1.68. The minimum absolute atomic E-state index is 0.701. The average Bonchev–Trinajstić information content (AvgIpc) is 1.82. The molecule has 0 unspecified atom stereocenters. The summed E-state index contributed by atoms with van der Waals surface area (Å²) < 4.78 is 0.917. The van der Waals surface area contributed by atoms with E-state index in [0.717, 1.165) is 15.6 Å². The summed E-state index contributed by atoms with van der Waals surface area (Å²) in [6.45, 7) is 0. The lowest BCUT2D eigenvalue weighted by Crippen LogP contribution is -2.10. The first-order valence-electron chi connectivity index (χ1n) is 2.82. The average molecular weight is 218 g/mol. The van der Waals surface area contributed by atoms with E-state index in [0.29, 0.717) is 5.02 Å². The molecule has 0 aliphatic rings. The summed E-state index contributed by atoms with van der Waals surface area (Å²) in [4.78, 5) is 0.